The van der Waals surface area contributed by atoms with Crippen molar-refractivity contribution in [1.82, 2.24) is 10.2 Å². The molecule has 4 rings (SSSR count). The summed E-state index contributed by atoms with van der Waals surface area (Å²) >= 11 is 16.1. The number of nitrogens with one attached hydrogen (secondary N) is 1. The third kappa shape index (κ3) is 5.41. The molecule has 33 heavy (non-hydrogen) atoms. The minimum atomic E-state index is -0.461. The molecule has 0 spiro atoms. The van der Waals surface area contributed by atoms with Crippen LogP contribution >= 0.6 is 39.1 Å². The molecule has 0 unspecified atom stereocenters. The number of nitrogens with zero attached hydrogens (tertiary/aromatic N) is 1. The van der Waals surface area contributed by atoms with Gasteiger partial charge in [0.1, 0.15) is 12.3 Å². The van der Waals surface area contributed by atoms with Gasteiger partial charge in [-0.2, -0.15) is 0 Å². The highest BCUT2D eigenvalue weighted by Crippen LogP contribution is 2.36. The van der Waals surface area contributed by atoms with Crippen molar-refractivity contribution in [3.8, 4) is 5.75 Å². The molecular weight excluding hydrogens is 527 g/mol. The first-order valence-electron chi connectivity index (χ1n) is 10.1. The van der Waals surface area contributed by atoms with Gasteiger partial charge in [0, 0.05) is 10.6 Å². The van der Waals surface area contributed by atoms with Crippen LogP contribution < -0.4 is 10.1 Å². The lowest BCUT2D eigenvalue weighted by Crippen LogP contribution is -2.30. The second kappa shape index (κ2) is 10.00. The molecule has 1 aliphatic heterocycles. The van der Waals surface area contributed by atoms with Crippen LogP contribution in [0.3, 0.4) is 0 Å². The van der Waals surface area contributed by atoms with E-state index in [9.17, 15) is 9.59 Å². The number of urea groups is 1. The minimum absolute atomic E-state index is 0.180. The number of hydrogen-bond donors (Lipinski definition) is 1. The molecule has 168 valence electrons. The highest BCUT2D eigenvalue weighted by atomic mass is 79.9. The maximum Gasteiger partial charge on any atom is 0.329 e. The van der Waals surface area contributed by atoms with Gasteiger partial charge in [-0.05, 0) is 58.3 Å². The molecule has 5 nitrogen and oxygen atoms in total. The quantitative estimate of drug-likeness (QED) is 0.276. The average Bonchev–Trinajstić information content (AvgIpc) is 3.03. The second-order valence-corrected chi connectivity index (χ2v) is 9.23. The van der Waals surface area contributed by atoms with Gasteiger partial charge in [-0.3, -0.25) is 9.69 Å². The van der Waals surface area contributed by atoms with E-state index in [0.717, 1.165) is 16.7 Å². The maximum atomic E-state index is 12.8. The van der Waals surface area contributed by atoms with Crippen LogP contribution in [-0.4, -0.2) is 16.8 Å². The second-order valence-electron chi connectivity index (χ2n) is 7.56. The number of carbonyl (C=O) groups excluding carboxylic acids is 2. The van der Waals surface area contributed by atoms with Gasteiger partial charge in [-0.25, -0.2) is 4.79 Å². The third-order valence-electron chi connectivity index (χ3n) is 5.09. The molecule has 1 saturated heterocycles. The fraction of sp³-hybridized carbons (Fsp3) is 0.120. The lowest BCUT2D eigenvalue weighted by molar-refractivity contribution is -0.123. The van der Waals surface area contributed by atoms with Crippen molar-refractivity contribution in [2.24, 2.45) is 0 Å². The van der Waals surface area contributed by atoms with Crippen molar-refractivity contribution in [3.63, 3.8) is 0 Å². The number of amides is 3. The zero-order chi connectivity index (χ0) is 23.5. The van der Waals surface area contributed by atoms with E-state index < -0.39 is 11.9 Å². The first-order chi connectivity index (χ1) is 15.8. The summed E-state index contributed by atoms with van der Waals surface area (Å²) in [4.78, 5) is 26.4. The van der Waals surface area contributed by atoms with E-state index in [1.165, 1.54) is 4.90 Å². The van der Waals surface area contributed by atoms with E-state index in [2.05, 4.69) is 21.2 Å². The Morgan fingerprint density at radius 1 is 1.03 bits per heavy atom. The Balaban J connectivity index is 1.50. The van der Waals surface area contributed by atoms with E-state index in [4.69, 9.17) is 27.9 Å². The molecule has 3 aromatic rings. The van der Waals surface area contributed by atoms with Crippen molar-refractivity contribution in [2.45, 2.75) is 20.1 Å². The Hall–Kier alpha value is -2.80. The van der Waals surface area contributed by atoms with Crippen LogP contribution in [0.1, 0.15) is 22.3 Å². The number of hydrogen-bond acceptors (Lipinski definition) is 3. The van der Waals surface area contributed by atoms with Gasteiger partial charge in [0.2, 0.25) is 0 Å². The fourth-order valence-electron chi connectivity index (χ4n) is 3.32. The van der Waals surface area contributed by atoms with E-state index in [1.54, 1.807) is 24.3 Å². The van der Waals surface area contributed by atoms with Crippen LogP contribution in [0.4, 0.5) is 4.79 Å². The van der Waals surface area contributed by atoms with Crippen LogP contribution in [0.2, 0.25) is 10.0 Å². The van der Waals surface area contributed by atoms with E-state index in [0.29, 0.717) is 25.8 Å². The molecule has 0 bridgehead atoms. The summed E-state index contributed by atoms with van der Waals surface area (Å²) < 4.78 is 6.47. The van der Waals surface area contributed by atoms with E-state index >= 15 is 0 Å². The largest absolute Gasteiger partial charge is 0.486 e. The molecule has 1 aliphatic rings. The number of halogens is 3. The van der Waals surface area contributed by atoms with Crippen LogP contribution in [0.25, 0.3) is 6.08 Å². The highest BCUT2D eigenvalue weighted by molar-refractivity contribution is 9.10. The predicted octanol–water partition coefficient (Wildman–Crippen LogP) is 6.74. The number of benzene rings is 3. The Morgan fingerprint density at radius 2 is 1.76 bits per heavy atom. The van der Waals surface area contributed by atoms with Crippen LogP contribution in [-0.2, 0) is 17.9 Å². The van der Waals surface area contributed by atoms with Crippen molar-refractivity contribution in [1.29, 1.82) is 0 Å². The van der Waals surface area contributed by atoms with Crippen LogP contribution in [0.5, 0.6) is 5.75 Å². The molecule has 0 radical (unpaired) electrons. The maximum absolute atomic E-state index is 12.8. The third-order valence-corrected chi connectivity index (χ3v) is 6.32. The Morgan fingerprint density at radius 3 is 2.45 bits per heavy atom. The van der Waals surface area contributed by atoms with E-state index in [1.807, 2.05) is 49.4 Å². The Kier molecular flexibility index (Phi) is 7.08. The lowest BCUT2D eigenvalue weighted by atomic mass is 10.1. The summed E-state index contributed by atoms with van der Waals surface area (Å²) in [7, 11) is 0. The summed E-state index contributed by atoms with van der Waals surface area (Å²) in [6, 6.07) is 18.1. The topological polar surface area (TPSA) is 58.6 Å². The van der Waals surface area contributed by atoms with Gasteiger partial charge in [-0.1, -0.05) is 71.2 Å². The molecule has 3 aromatic carbocycles. The normalized spacial score (nSPS) is 14.7. The monoisotopic (exact) mass is 544 g/mol. The van der Waals surface area contributed by atoms with Gasteiger partial charge >= 0.3 is 6.03 Å². The van der Waals surface area contributed by atoms with Gasteiger partial charge in [0.15, 0.2) is 5.75 Å². The van der Waals surface area contributed by atoms with Crippen LogP contribution in [0, 0.1) is 6.92 Å². The number of ether oxygens (including phenoxy) is 1. The smallest absolute Gasteiger partial charge is 0.329 e. The number of carbonyl (C=O) groups is 2. The summed E-state index contributed by atoms with van der Waals surface area (Å²) in [5.74, 6) is 0.0633. The molecule has 1 fully saturated rings. The molecule has 8 heteroatoms. The molecular formula is C25H19BrCl2N2O3. The SMILES string of the molecule is Cc1ccc(CN2C(=O)N/C(=C/c3cc(Cl)c(OCc4ccccc4Cl)c(Br)c3)C2=O)cc1. The van der Waals surface area contributed by atoms with Crippen LogP contribution in [0.15, 0.2) is 70.8 Å². The Labute approximate surface area is 210 Å². The fourth-order valence-corrected chi connectivity index (χ4v) is 4.50. The van der Waals surface area contributed by atoms with Crippen molar-refractivity contribution >= 4 is 57.1 Å². The number of imide groups is 1. The summed E-state index contributed by atoms with van der Waals surface area (Å²) in [6.45, 7) is 2.43. The number of rotatable bonds is 6. The zero-order valence-electron chi connectivity index (χ0n) is 17.6. The minimum Gasteiger partial charge on any atom is -0.486 e. The van der Waals surface area contributed by atoms with Crippen molar-refractivity contribution < 1.29 is 14.3 Å². The first-order valence-corrected chi connectivity index (χ1v) is 11.6. The molecule has 0 atom stereocenters. The molecule has 0 aromatic heterocycles. The lowest BCUT2D eigenvalue weighted by Gasteiger charge is -2.12. The zero-order valence-corrected chi connectivity index (χ0v) is 20.7. The predicted molar refractivity (Wildman–Crippen MR) is 133 cm³/mol. The highest BCUT2D eigenvalue weighted by Gasteiger charge is 2.33. The molecule has 3 amide bonds. The molecule has 1 heterocycles. The molecule has 1 N–H and O–H groups in total. The first kappa shape index (κ1) is 23.4. The average molecular weight is 546 g/mol. The number of aryl methyl sites for hydroxylation is 1. The van der Waals surface area contributed by atoms with Gasteiger partial charge in [0.25, 0.3) is 5.91 Å². The molecule has 0 aliphatic carbocycles. The summed E-state index contributed by atoms with van der Waals surface area (Å²) in [5, 5.41) is 3.60. The van der Waals surface area contributed by atoms with Gasteiger partial charge in [-0.15, -0.1) is 0 Å². The van der Waals surface area contributed by atoms with Crippen molar-refractivity contribution in [3.05, 3.63) is 103 Å². The van der Waals surface area contributed by atoms with Gasteiger partial charge in [0.05, 0.1) is 16.0 Å². The summed E-state index contributed by atoms with van der Waals surface area (Å²) in [5.41, 5.74) is 3.63. The standard InChI is InChI=1S/C25H19BrCl2N2O3/c1-15-6-8-16(9-7-15)13-30-24(31)22(29-25(30)32)12-17-10-19(26)23(21(28)11-17)33-14-18-4-2-3-5-20(18)27/h2-12H,13-14H2,1H3,(H,29,32)/b22-12+. The summed E-state index contributed by atoms with van der Waals surface area (Å²) in [6.07, 6.45) is 1.59. The molecule has 0 saturated carbocycles. The van der Waals surface area contributed by atoms with E-state index in [-0.39, 0.29) is 18.8 Å². The van der Waals surface area contributed by atoms with Gasteiger partial charge < -0.3 is 10.1 Å². The Bertz CT molecular complexity index is 1240. The van der Waals surface area contributed by atoms with Crippen molar-refractivity contribution in [2.75, 3.05) is 0 Å².